The first-order valence-corrected chi connectivity index (χ1v) is 7.37. The third-order valence-electron chi connectivity index (χ3n) is 3.41. The number of nitrogens with one attached hydrogen (secondary N) is 1. The Kier molecular flexibility index (Phi) is 5.53. The Bertz CT molecular complexity index is 598. The van der Waals surface area contributed by atoms with Crippen molar-refractivity contribution in [2.24, 2.45) is 0 Å². The van der Waals surface area contributed by atoms with E-state index in [1.165, 1.54) is 12.1 Å². The van der Waals surface area contributed by atoms with Crippen LogP contribution in [0.2, 0.25) is 0 Å². The fourth-order valence-corrected chi connectivity index (χ4v) is 2.13. The molecule has 1 N–H and O–H groups in total. The second-order valence-corrected chi connectivity index (χ2v) is 5.11. The highest BCUT2D eigenvalue weighted by molar-refractivity contribution is 5.81. The number of rotatable bonds is 6. The molecule has 0 aliphatic carbocycles. The number of benzene rings is 2. The summed E-state index contributed by atoms with van der Waals surface area (Å²) >= 11 is 0. The van der Waals surface area contributed by atoms with Crippen LogP contribution in [0, 0.1) is 5.82 Å². The molecule has 0 unspecified atom stereocenters. The number of hydrogen-bond donors (Lipinski definition) is 1. The second kappa shape index (κ2) is 7.59. The lowest BCUT2D eigenvalue weighted by atomic mass is 10.1. The fraction of sp³-hybridized carbons (Fsp3) is 0.278. The van der Waals surface area contributed by atoms with Gasteiger partial charge in [-0.1, -0.05) is 37.3 Å². The first-order valence-electron chi connectivity index (χ1n) is 7.37. The van der Waals surface area contributed by atoms with E-state index in [4.69, 9.17) is 4.74 Å². The number of ether oxygens (including phenoxy) is 1. The third kappa shape index (κ3) is 4.32. The average Bonchev–Trinajstić information content (AvgIpc) is 2.54. The van der Waals surface area contributed by atoms with Gasteiger partial charge in [-0.05, 0) is 43.2 Å². The van der Waals surface area contributed by atoms with Crippen molar-refractivity contribution in [1.82, 2.24) is 5.32 Å². The summed E-state index contributed by atoms with van der Waals surface area (Å²) in [5.74, 6) is 0.197. The van der Waals surface area contributed by atoms with Crippen molar-refractivity contribution >= 4 is 5.91 Å². The van der Waals surface area contributed by atoms with Gasteiger partial charge in [0.05, 0.1) is 6.04 Å². The van der Waals surface area contributed by atoms with Gasteiger partial charge in [-0.2, -0.15) is 0 Å². The maximum atomic E-state index is 12.9. The fourth-order valence-electron chi connectivity index (χ4n) is 2.13. The minimum absolute atomic E-state index is 0.178. The van der Waals surface area contributed by atoms with E-state index in [2.05, 4.69) is 5.32 Å². The first kappa shape index (κ1) is 16.0. The van der Waals surface area contributed by atoms with Crippen LogP contribution in [-0.4, -0.2) is 12.0 Å². The summed E-state index contributed by atoms with van der Waals surface area (Å²) < 4.78 is 18.6. The van der Waals surface area contributed by atoms with E-state index < -0.39 is 6.10 Å². The quantitative estimate of drug-likeness (QED) is 0.880. The molecule has 116 valence electrons. The molecule has 0 saturated carbocycles. The first-order chi connectivity index (χ1) is 10.6. The highest BCUT2D eigenvalue weighted by Crippen LogP contribution is 2.16. The van der Waals surface area contributed by atoms with E-state index >= 15 is 0 Å². The molecule has 0 radical (unpaired) electrons. The molecule has 1 amide bonds. The lowest BCUT2D eigenvalue weighted by Gasteiger charge is -2.20. The average molecular weight is 301 g/mol. The van der Waals surface area contributed by atoms with Crippen molar-refractivity contribution in [1.29, 1.82) is 0 Å². The highest BCUT2D eigenvalue weighted by Gasteiger charge is 2.20. The molecule has 2 rings (SSSR count). The van der Waals surface area contributed by atoms with Crippen molar-refractivity contribution in [3.05, 3.63) is 66.0 Å². The monoisotopic (exact) mass is 301 g/mol. The van der Waals surface area contributed by atoms with E-state index in [-0.39, 0.29) is 17.8 Å². The summed E-state index contributed by atoms with van der Waals surface area (Å²) in [6, 6.07) is 15.1. The number of halogens is 1. The van der Waals surface area contributed by atoms with Crippen LogP contribution in [0.4, 0.5) is 4.39 Å². The Morgan fingerprint density at radius 2 is 1.77 bits per heavy atom. The van der Waals surface area contributed by atoms with Crippen LogP contribution in [0.5, 0.6) is 5.75 Å². The van der Waals surface area contributed by atoms with E-state index in [9.17, 15) is 9.18 Å². The van der Waals surface area contributed by atoms with Gasteiger partial charge in [0.2, 0.25) is 0 Å². The summed E-state index contributed by atoms with van der Waals surface area (Å²) in [4.78, 5) is 12.3. The molecule has 4 heteroatoms. The van der Waals surface area contributed by atoms with Gasteiger partial charge in [0, 0.05) is 0 Å². The summed E-state index contributed by atoms with van der Waals surface area (Å²) in [6.07, 6.45) is 0.0157. The van der Waals surface area contributed by atoms with Crippen LogP contribution in [0.3, 0.4) is 0 Å². The molecular formula is C18H20FNO2. The van der Waals surface area contributed by atoms with Crippen LogP contribution in [-0.2, 0) is 4.79 Å². The summed E-state index contributed by atoms with van der Waals surface area (Å²) in [6.45, 7) is 3.76. The molecule has 2 aromatic carbocycles. The van der Waals surface area contributed by atoms with Gasteiger partial charge in [-0.3, -0.25) is 4.79 Å². The minimum Gasteiger partial charge on any atom is -0.481 e. The number of para-hydroxylation sites is 1. The SMILES string of the molecule is CC[C@@H](Oc1ccccc1)C(=O)N[C@H](C)c1ccc(F)cc1. The normalized spacial score (nSPS) is 13.2. The van der Waals surface area contributed by atoms with Gasteiger partial charge in [-0.15, -0.1) is 0 Å². The van der Waals surface area contributed by atoms with E-state index in [1.54, 1.807) is 12.1 Å². The molecular weight excluding hydrogens is 281 g/mol. The van der Waals surface area contributed by atoms with Gasteiger partial charge in [0.1, 0.15) is 11.6 Å². The smallest absolute Gasteiger partial charge is 0.261 e. The molecule has 0 saturated heterocycles. The number of hydrogen-bond acceptors (Lipinski definition) is 2. The van der Waals surface area contributed by atoms with Crippen molar-refractivity contribution in [2.75, 3.05) is 0 Å². The van der Waals surface area contributed by atoms with E-state index in [0.717, 1.165) is 5.56 Å². The maximum absolute atomic E-state index is 12.9. The Labute approximate surface area is 130 Å². The molecule has 2 aromatic rings. The van der Waals surface area contributed by atoms with Gasteiger partial charge in [-0.25, -0.2) is 4.39 Å². The van der Waals surface area contributed by atoms with Crippen molar-refractivity contribution in [3.8, 4) is 5.75 Å². The van der Waals surface area contributed by atoms with Gasteiger partial charge in [0.15, 0.2) is 6.10 Å². The Hall–Kier alpha value is -2.36. The van der Waals surface area contributed by atoms with Gasteiger partial charge < -0.3 is 10.1 Å². The van der Waals surface area contributed by atoms with Crippen molar-refractivity contribution in [2.45, 2.75) is 32.4 Å². The van der Waals surface area contributed by atoms with Gasteiger partial charge >= 0.3 is 0 Å². The number of amides is 1. The molecule has 3 nitrogen and oxygen atoms in total. The molecule has 0 heterocycles. The highest BCUT2D eigenvalue weighted by atomic mass is 19.1. The molecule has 0 aliphatic heterocycles. The summed E-state index contributed by atoms with van der Waals surface area (Å²) in [5.41, 5.74) is 0.851. The summed E-state index contributed by atoms with van der Waals surface area (Å²) in [7, 11) is 0. The molecule has 0 spiro atoms. The van der Waals surface area contributed by atoms with E-state index in [0.29, 0.717) is 12.2 Å². The maximum Gasteiger partial charge on any atom is 0.261 e. The van der Waals surface area contributed by atoms with Crippen LogP contribution in [0.15, 0.2) is 54.6 Å². The van der Waals surface area contributed by atoms with Crippen LogP contribution in [0.25, 0.3) is 0 Å². The van der Waals surface area contributed by atoms with E-state index in [1.807, 2.05) is 44.2 Å². The molecule has 2 atom stereocenters. The van der Waals surface area contributed by atoms with Crippen molar-refractivity contribution < 1.29 is 13.9 Å². The molecule has 22 heavy (non-hydrogen) atoms. The molecule has 0 fully saturated rings. The Morgan fingerprint density at radius 3 is 2.36 bits per heavy atom. The zero-order valence-corrected chi connectivity index (χ0v) is 12.8. The number of carbonyl (C=O) groups excluding carboxylic acids is 1. The van der Waals surface area contributed by atoms with Crippen LogP contribution >= 0.6 is 0 Å². The topological polar surface area (TPSA) is 38.3 Å². The second-order valence-electron chi connectivity index (χ2n) is 5.11. The molecule has 0 bridgehead atoms. The third-order valence-corrected chi connectivity index (χ3v) is 3.41. The lowest BCUT2D eigenvalue weighted by molar-refractivity contribution is -0.128. The number of carbonyl (C=O) groups is 1. The molecule has 0 aliphatic rings. The zero-order valence-electron chi connectivity index (χ0n) is 12.8. The van der Waals surface area contributed by atoms with Crippen molar-refractivity contribution in [3.63, 3.8) is 0 Å². The van der Waals surface area contributed by atoms with Gasteiger partial charge in [0.25, 0.3) is 5.91 Å². The Morgan fingerprint density at radius 1 is 1.14 bits per heavy atom. The van der Waals surface area contributed by atoms with Crippen LogP contribution < -0.4 is 10.1 Å². The predicted molar refractivity (Wildman–Crippen MR) is 84.1 cm³/mol. The lowest BCUT2D eigenvalue weighted by Crippen LogP contribution is -2.39. The summed E-state index contributed by atoms with van der Waals surface area (Å²) in [5, 5.41) is 2.90. The standard InChI is InChI=1S/C18H20FNO2/c1-3-17(22-16-7-5-4-6-8-16)18(21)20-13(2)14-9-11-15(19)12-10-14/h4-13,17H,3H2,1-2H3,(H,20,21)/t13-,17-/m1/s1. The Balaban J connectivity index is 1.98. The predicted octanol–water partition coefficient (Wildman–Crippen LogP) is 3.86. The van der Waals surface area contributed by atoms with Crippen LogP contribution in [0.1, 0.15) is 31.9 Å². The minimum atomic E-state index is -0.551. The molecule has 0 aromatic heterocycles. The zero-order chi connectivity index (χ0) is 15.9. The largest absolute Gasteiger partial charge is 0.481 e.